The monoisotopic (exact) mass is 545 g/mol. The van der Waals surface area contributed by atoms with E-state index in [9.17, 15) is 8.42 Å². The molecule has 2 N–H and O–H groups in total. The van der Waals surface area contributed by atoms with Crippen LogP contribution >= 0.6 is 24.0 Å². The molecule has 0 radical (unpaired) electrons. The van der Waals surface area contributed by atoms with Gasteiger partial charge in [0.15, 0.2) is 15.8 Å². The van der Waals surface area contributed by atoms with E-state index in [0.717, 1.165) is 31.0 Å². The fourth-order valence-corrected chi connectivity index (χ4v) is 3.34. The molecule has 0 bridgehead atoms. The van der Waals surface area contributed by atoms with E-state index in [2.05, 4.69) is 34.7 Å². The molecule has 0 amide bonds. The molecule has 2 aromatic carbocycles. The average molecular weight is 545 g/mol. The minimum atomic E-state index is -3.17. The summed E-state index contributed by atoms with van der Waals surface area (Å²) in [5.41, 5.74) is 2.13. The van der Waals surface area contributed by atoms with E-state index in [-0.39, 0.29) is 30.1 Å². The first-order valence-corrected chi connectivity index (χ1v) is 11.8. The average Bonchev–Trinajstić information content (AvgIpc) is 2.71. The van der Waals surface area contributed by atoms with Crippen LogP contribution in [0.2, 0.25) is 0 Å². The highest BCUT2D eigenvalue weighted by molar-refractivity contribution is 14.0. The number of benzene rings is 2. The number of sulfone groups is 1. The Morgan fingerprint density at radius 2 is 1.73 bits per heavy atom. The third-order valence-electron chi connectivity index (χ3n) is 4.37. The van der Waals surface area contributed by atoms with E-state index >= 15 is 0 Å². The Morgan fingerprint density at radius 3 is 2.33 bits per heavy atom. The van der Waals surface area contributed by atoms with Crippen molar-refractivity contribution in [3.63, 3.8) is 0 Å². The Balaban J connectivity index is 0.00000450. The Morgan fingerprint density at radius 1 is 1.07 bits per heavy atom. The summed E-state index contributed by atoms with van der Waals surface area (Å²) in [7, 11) is -3.17. The predicted octanol–water partition coefficient (Wildman–Crippen LogP) is 3.93. The van der Waals surface area contributed by atoms with Gasteiger partial charge in [0, 0.05) is 26.0 Å². The molecule has 0 aromatic heterocycles. The summed E-state index contributed by atoms with van der Waals surface area (Å²) in [6, 6.07) is 17.0. The molecule has 6 nitrogen and oxygen atoms in total. The summed E-state index contributed by atoms with van der Waals surface area (Å²) in [6.07, 6.45) is 2.15. The molecule has 0 aliphatic rings. The van der Waals surface area contributed by atoms with Crippen molar-refractivity contribution in [3.8, 4) is 0 Å². The summed E-state index contributed by atoms with van der Waals surface area (Å²) in [5, 5.41) is 6.52. The number of halogens is 1. The van der Waals surface area contributed by atoms with E-state index in [1.165, 1.54) is 11.8 Å². The van der Waals surface area contributed by atoms with Crippen LogP contribution in [0.25, 0.3) is 0 Å². The highest BCUT2D eigenvalue weighted by Gasteiger charge is 2.06. The molecule has 2 rings (SSSR count). The van der Waals surface area contributed by atoms with E-state index < -0.39 is 9.84 Å². The van der Waals surface area contributed by atoms with E-state index in [1.54, 1.807) is 24.3 Å². The van der Waals surface area contributed by atoms with Crippen molar-refractivity contribution in [3.05, 3.63) is 65.7 Å². The van der Waals surface area contributed by atoms with Crippen LogP contribution in [0.1, 0.15) is 37.5 Å². The number of aliphatic imine (C=N–C) groups is 1. The third-order valence-corrected chi connectivity index (χ3v) is 5.49. The smallest absolute Gasteiger partial charge is 0.191 e. The van der Waals surface area contributed by atoms with Crippen molar-refractivity contribution in [2.45, 2.75) is 37.8 Å². The van der Waals surface area contributed by atoms with Crippen LogP contribution in [0.5, 0.6) is 0 Å². The molecule has 0 spiro atoms. The van der Waals surface area contributed by atoms with Gasteiger partial charge in [-0.1, -0.05) is 42.5 Å². The summed E-state index contributed by atoms with van der Waals surface area (Å²) >= 11 is 0. The van der Waals surface area contributed by atoms with Crippen LogP contribution < -0.4 is 10.6 Å². The van der Waals surface area contributed by atoms with Crippen molar-refractivity contribution >= 4 is 39.8 Å². The normalized spacial score (nSPS) is 12.7. The second-order valence-electron chi connectivity index (χ2n) is 6.82. The van der Waals surface area contributed by atoms with Gasteiger partial charge in [0.2, 0.25) is 0 Å². The molecule has 2 aromatic rings. The number of ether oxygens (including phenoxy) is 1. The molecule has 166 valence electrons. The predicted molar refractivity (Wildman–Crippen MR) is 133 cm³/mol. The van der Waals surface area contributed by atoms with E-state index in [4.69, 9.17) is 4.74 Å². The summed E-state index contributed by atoms with van der Waals surface area (Å²) < 4.78 is 29.0. The number of guanidine groups is 1. The molecule has 1 unspecified atom stereocenters. The maximum Gasteiger partial charge on any atom is 0.191 e. The zero-order valence-electron chi connectivity index (χ0n) is 17.8. The number of nitrogens with one attached hydrogen (secondary N) is 2. The second kappa shape index (κ2) is 13.6. The number of hydrogen-bond donors (Lipinski definition) is 2. The Kier molecular flexibility index (Phi) is 12.0. The van der Waals surface area contributed by atoms with Gasteiger partial charge in [0.25, 0.3) is 0 Å². The molecule has 30 heavy (non-hydrogen) atoms. The van der Waals surface area contributed by atoms with E-state index in [0.29, 0.717) is 18.0 Å². The molecule has 0 fully saturated rings. The van der Waals surface area contributed by atoms with Crippen LogP contribution in [-0.4, -0.2) is 40.3 Å². The second-order valence-corrected chi connectivity index (χ2v) is 8.83. The Hall–Kier alpha value is -1.65. The molecular formula is C22H32IN3O3S. The van der Waals surface area contributed by atoms with Gasteiger partial charge in [-0.25, -0.2) is 13.4 Å². The van der Waals surface area contributed by atoms with Crippen LogP contribution in [-0.2, 0) is 21.1 Å². The molecule has 0 aliphatic heterocycles. The number of hydrogen-bond acceptors (Lipinski definition) is 4. The summed E-state index contributed by atoms with van der Waals surface area (Å²) in [4.78, 5) is 4.88. The van der Waals surface area contributed by atoms with Gasteiger partial charge in [-0.15, -0.1) is 24.0 Å². The first-order valence-electron chi connectivity index (χ1n) is 9.88. The molecule has 0 saturated heterocycles. The van der Waals surface area contributed by atoms with Crippen molar-refractivity contribution in [2.75, 3.05) is 26.0 Å². The lowest BCUT2D eigenvalue weighted by atomic mass is 10.1. The van der Waals surface area contributed by atoms with Crippen molar-refractivity contribution in [1.82, 2.24) is 10.6 Å². The van der Waals surface area contributed by atoms with Crippen LogP contribution in [0.3, 0.4) is 0 Å². The van der Waals surface area contributed by atoms with Crippen LogP contribution in [0.15, 0.2) is 64.5 Å². The molecule has 8 heteroatoms. The van der Waals surface area contributed by atoms with Gasteiger partial charge < -0.3 is 15.4 Å². The van der Waals surface area contributed by atoms with Crippen LogP contribution in [0, 0.1) is 0 Å². The lowest BCUT2D eigenvalue weighted by Gasteiger charge is -2.14. The maximum absolute atomic E-state index is 11.5. The number of rotatable bonds is 10. The summed E-state index contributed by atoms with van der Waals surface area (Å²) in [5.74, 6) is 0.732. The van der Waals surface area contributed by atoms with E-state index in [1.807, 2.05) is 25.1 Å². The van der Waals surface area contributed by atoms with Gasteiger partial charge in [0.1, 0.15) is 0 Å². The quantitative estimate of drug-likeness (QED) is 0.205. The molecule has 0 saturated carbocycles. The zero-order valence-corrected chi connectivity index (χ0v) is 20.9. The molecular weight excluding hydrogens is 513 g/mol. The fraction of sp³-hybridized carbons (Fsp3) is 0.409. The van der Waals surface area contributed by atoms with Crippen molar-refractivity contribution in [1.29, 1.82) is 0 Å². The number of nitrogens with zero attached hydrogens (tertiary/aromatic N) is 1. The molecule has 0 aliphatic carbocycles. The topological polar surface area (TPSA) is 79.8 Å². The first-order chi connectivity index (χ1) is 13.9. The lowest BCUT2D eigenvalue weighted by Crippen LogP contribution is -2.38. The minimum Gasteiger partial charge on any atom is -0.374 e. The summed E-state index contributed by atoms with van der Waals surface area (Å²) in [6.45, 7) is 6.73. The van der Waals surface area contributed by atoms with Gasteiger partial charge >= 0.3 is 0 Å². The first kappa shape index (κ1) is 26.4. The van der Waals surface area contributed by atoms with Gasteiger partial charge in [-0.3, -0.25) is 0 Å². The fourth-order valence-electron chi connectivity index (χ4n) is 2.71. The van der Waals surface area contributed by atoms with Crippen molar-refractivity contribution < 1.29 is 13.2 Å². The van der Waals surface area contributed by atoms with Crippen LogP contribution in [0.4, 0.5) is 0 Å². The largest absolute Gasteiger partial charge is 0.374 e. The highest BCUT2D eigenvalue weighted by atomic mass is 127. The van der Waals surface area contributed by atoms with Gasteiger partial charge in [-0.2, -0.15) is 0 Å². The standard InChI is InChI=1S/C22H31N3O3S.HI/c1-4-23-22(25-17-19-11-13-21(14-12-19)29(3,26)27)24-15-8-16-28-18(2)20-9-6-5-7-10-20;/h5-7,9-14,18H,4,8,15-17H2,1-3H3,(H2,23,24,25);1H. The van der Waals surface area contributed by atoms with Crippen molar-refractivity contribution in [2.24, 2.45) is 4.99 Å². The zero-order chi connectivity index (χ0) is 21.1. The highest BCUT2D eigenvalue weighted by Crippen LogP contribution is 2.15. The maximum atomic E-state index is 11.5. The Labute approximate surface area is 197 Å². The van der Waals surface area contributed by atoms with Gasteiger partial charge in [0.05, 0.1) is 17.5 Å². The SMILES string of the molecule is CCNC(=NCc1ccc(S(C)(=O)=O)cc1)NCCCOC(C)c1ccccc1.I. The van der Waals surface area contributed by atoms with Gasteiger partial charge in [-0.05, 0) is 43.5 Å². The molecule has 0 heterocycles. The molecule has 1 atom stereocenters. The lowest BCUT2D eigenvalue weighted by molar-refractivity contribution is 0.0646. The third kappa shape index (κ3) is 9.44. The Bertz CT molecular complexity index is 872. The minimum absolute atomic E-state index is 0.